The topological polar surface area (TPSA) is 69.7 Å². The second-order valence-corrected chi connectivity index (χ2v) is 5.47. The van der Waals surface area contributed by atoms with Crippen molar-refractivity contribution < 1.29 is 14.4 Å². The molecule has 3 amide bonds. The van der Waals surface area contributed by atoms with Crippen LogP contribution in [-0.2, 0) is 9.59 Å². The van der Waals surface area contributed by atoms with Crippen molar-refractivity contribution in [2.45, 2.75) is 0 Å². The van der Waals surface area contributed by atoms with E-state index < -0.39 is 0 Å². The first-order valence-electron chi connectivity index (χ1n) is 7.57. The second kappa shape index (κ2) is 6.54. The lowest BCUT2D eigenvalue weighted by Crippen LogP contribution is -2.49. The first-order chi connectivity index (χ1) is 11.6. The predicted octanol–water partition coefficient (Wildman–Crippen LogP) is 1.43. The van der Waals surface area contributed by atoms with Gasteiger partial charge in [0.15, 0.2) is 0 Å². The van der Waals surface area contributed by atoms with Gasteiger partial charge >= 0.3 is 0 Å². The van der Waals surface area contributed by atoms with Gasteiger partial charge in [0.05, 0.1) is 17.9 Å². The Hall–Kier alpha value is -3.15. The summed E-state index contributed by atoms with van der Waals surface area (Å²) in [5.41, 5.74) is 1.83. The minimum absolute atomic E-state index is 0.0342. The van der Waals surface area contributed by atoms with E-state index in [9.17, 15) is 14.4 Å². The van der Waals surface area contributed by atoms with Gasteiger partial charge in [-0.15, -0.1) is 0 Å². The number of amides is 3. The largest absolute Gasteiger partial charge is 0.343 e. The van der Waals surface area contributed by atoms with Gasteiger partial charge < -0.3 is 10.2 Å². The molecule has 122 valence electrons. The number of hydrogen-bond donors (Lipinski definition) is 1. The highest BCUT2D eigenvalue weighted by Gasteiger charge is 2.30. The highest BCUT2D eigenvalue weighted by molar-refractivity contribution is 6.11. The van der Waals surface area contributed by atoms with E-state index in [1.165, 1.54) is 9.80 Å². The third-order valence-electron chi connectivity index (χ3n) is 3.94. The predicted molar refractivity (Wildman–Crippen MR) is 91.0 cm³/mol. The summed E-state index contributed by atoms with van der Waals surface area (Å²) in [6.45, 7) is -0.202. The Bertz CT molecular complexity index is 789. The number of para-hydroxylation sites is 2. The van der Waals surface area contributed by atoms with E-state index in [-0.39, 0.29) is 30.8 Å². The zero-order chi connectivity index (χ0) is 17.1. The maximum absolute atomic E-state index is 12.5. The van der Waals surface area contributed by atoms with Gasteiger partial charge in [0.25, 0.3) is 5.91 Å². The summed E-state index contributed by atoms with van der Waals surface area (Å²) in [5, 5.41) is 2.60. The number of rotatable bonds is 3. The van der Waals surface area contributed by atoms with Crippen LogP contribution in [0.3, 0.4) is 0 Å². The standard InChI is InChI=1S/C18H17N3O3/c1-20-14-9-5-6-10-15(14)21(12-17(20)23)16(22)11-19-18(24)13-7-3-2-4-8-13/h2-10H,11-12H2,1H3,(H,19,24). The van der Waals surface area contributed by atoms with Crippen molar-refractivity contribution >= 4 is 29.1 Å². The molecule has 0 saturated carbocycles. The van der Waals surface area contributed by atoms with Crippen molar-refractivity contribution in [1.29, 1.82) is 0 Å². The van der Waals surface area contributed by atoms with Gasteiger partial charge in [-0.25, -0.2) is 0 Å². The molecule has 3 rings (SSSR count). The molecule has 2 aromatic rings. The van der Waals surface area contributed by atoms with Crippen LogP contribution in [0, 0.1) is 0 Å². The normalized spacial score (nSPS) is 13.5. The summed E-state index contributed by atoms with van der Waals surface area (Å²) in [5.74, 6) is -0.817. The van der Waals surface area contributed by atoms with Crippen molar-refractivity contribution in [3.05, 3.63) is 60.2 Å². The number of nitrogens with zero attached hydrogens (tertiary/aromatic N) is 2. The van der Waals surface area contributed by atoms with Crippen LogP contribution >= 0.6 is 0 Å². The van der Waals surface area contributed by atoms with Crippen LogP contribution < -0.4 is 15.1 Å². The van der Waals surface area contributed by atoms with Crippen molar-refractivity contribution in [2.75, 3.05) is 29.9 Å². The smallest absolute Gasteiger partial charge is 0.251 e. The van der Waals surface area contributed by atoms with Crippen molar-refractivity contribution in [2.24, 2.45) is 0 Å². The number of hydrogen-bond acceptors (Lipinski definition) is 3. The Morgan fingerprint density at radius 1 is 1.00 bits per heavy atom. The molecule has 0 unspecified atom stereocenters. The van der Waals surface area contributed by atoms with E-state index in [1.54, 1.807) is 43.4 Å². The maximum atomic E-state index is 12.5. The van der Waals surface area contributed by atoms with Crippen molar-refractivity contribution in [1.82, 2.24) is 5.32 Å². The molecule has 0 saturated heterocycles. The fourth-order valence-corrected chi connectivity index (χ4v) is 2.60. The molecule has 0 atom stereocenters. The number of likely N-dealkylation sites (N-methyl/N-ethyl adjacent to an activating group) is 1. The number of benzene rings is 2. The fourth-order valence-electron chi connectivity index (χ4n) is 2.60. The Kier molecular flexibility index (Phi) is 4.29. The van der Waals surface area contributed by atoms with Crippen LogP contribution in [0.5, 0.6) is 0 Å². The quantitative estimate of drug-likeness (QED) is 0.929. The molecule has 0 aromatic heterocycles. The van der Waals surface area contributed by atoms with E-state index in [1.807, 2.05) is 18.2 Å². The van der Waals surface area contributed by atoms with Crippen LogP contribution in [0.2, 0.25) is 0 Å². The molecule has 0 aliphatic carbocycles. The van der Waals surface area contributed by atoms with Crippen LogP contribution in [-0.4, -0.2) is 37.9 Å². The number of carbonyl (C=O) groups excluding carboxylic acids is 3. The number of anilines is 2. The number of fused-ring (bicyclic) bond motifs is 1. The molecular weight excluding hydrogens is 306 g/mol. The molecule has 1 aliphatic rings. The summed E-state index contributed by atoms with van der Waals surface area (Å²) in [6, 6.07) is 15.9. The molecule has 0 fully saturated rings. The van der Waals surface area contributed by atoms with Gasteiger partial charge in [0, 0.05) is 12.6 Å². The average molecular weight is 323 g/mol. The van der Waals surface area contributed by atoms with E-state index >= 15 is 0 Å². The highest BCUT2D eigenvalue weighted by atomic mass is 16.2. The minimum Gasteiger partial charge on any atom is -0.343 e. The van der Waals surface area contributed by atoms with Gasteiger partial charge in [-0.05, 0) is 24.3 Å². The zero-order valence-electron chi connectivity index (χ0n) is 13.2. The van der Waals surface area contributed by atoms with Gasteiger partial charge in [-0.3, -0.25) is 19.3 Å². The Balaban J connectivity index is 1.73. The maximum Gasteiger partial charge on any atom is 0.251 e. The summed E-state index contributed by atoms with van der Waals surface area (Å²) in [6.07, 6.45) is 0. The van der Waals surface area contributed by atoms with E-state index in [4.69, 9.17) is 0 Å². The lowest BCUT2D eigenvalue weighted by molar-refractivity contribution is -0.122. The van der Waals surface area contributed by atoms with Crippen LogP contribution in [0.4, 0.5) is 11.4 Å². The fraction of sp³-hybridized carbons (Fsp3) is 0.167. The van der Waals surface area contributed by atoms with E-state index in [0.29, 0.717) is 16.9 Å². The summed E-state index contributed by atoms with van der Waals surface area (Å²) < 4.78 is 0. The lowest BCUT2D eigenvalue weighted by atomic mass is 10.1. The highest BCUT2D eigenvalue weighted by Crippen LogP contribution is 2.32. The van der Waals surface area contributed by atoms with Crippen molar-refractivity contribution in [3.8, 4) is 0 Å². The second-order valence-electron chi connectivity index (χ2n) is 5.47. The first-order valence-corrected chi connectivity index (χ1v) is 7.57. The van der Waals surface area contributed by atoms with Gasteiger partial charge in [-0.2, -0.15) is 0 Å². The third kappa shape index (κ3) is 2.99. The third-order valence-corrected chi connectivity index (χ3v) is 3.94. The van der Waals surface area contributed by atoms with E-state index in [2.05, 4.69) is 5.32 Å². The molecule has 1 N–H and O–H groups in total. The summed E-state index contributed by atoms with van der Waals surface area (Å²) in [7, 11) is 1.68. The average Bonchev–Trinajstić information content (AvgIpc) is 2.63. The lowest BCUT2D eigenvalue weighted by Gasteiger charge is -2.34. The molecule has 1 aliphatic heterocycles. The van der Waals surface area contributed by atoms with E-state index in [0.717, 1.165) is 0 Å². The van der Waals surface area contributed by atoms with Crippen LogP contribution in [0.1, 0.15) is 10.4 Å². The Morgan fingerprint density at radius 2 is 1.62 bits per heavy atom. The summed E-state index contributed by atoms with van der Waals surface area (Å²) in [4.78, 5) is 39.5. The summed E-state index contributed by atoms with van der Waals surface area (Å²) >= 11 is 0. The molecule has 2 aromatic carbocycles. The molecular formula is C18H17N3O3. The molecule has 0 bridgehead atoms. The Labute approximate surface area is 139 Å². The van der Waals surface area contributed by atoms with Crippen LogP contribution in [0.15, 0.2) is 54.6 Å². The molecule has 0 radical (unpaired) electrons. The monoisotopic (exact) mass is 323 g/mol. The molecule has 0 spiro atoms. The van der Waals surface area contributed by atoms with Gasteiger partial charge in [0.1, 0.15) is 6.54 Å². The molecule has 24 heavy (non-hydrogen) atoms. The van der Waals surface area contributed by atoms with Crippen LogP contribution in [0.25, 0.3) is 0 Å². The number of nitrogens with one attached hydrogen (secondary N) is 1. The first kappa shape index (κ1) is 15.7. The van der Waals surface area contributed by atoms with Gasteiger partial charge in [0.2, 0.25) is 11.8 Å². The minimum atomic E-state index is -0.326. The molecule has 1 heterocycles. The van der Waals surface area contributed by atoms with Gasteiger partial charge in [-0.1, -0.05) is 30.3 Å². The van der Waals surface area contributed by atoms with Crippen molar-refractivity contribution in [3.63, 3.8) is 0 Å². The zero-order valence-corrected chi connectivity index (χ0v) is 13.2. The molecule has 6 nitrogen and oxygen atoms in total. The number of carbonyl (C=O) groups is 3. The molecule has 6 heteroatoms. The Morgan fingerprint density at radius 3 is 2.33 bits per heavy atom. The SMILES string of the molecule is CN1C(=O)CN(C(=O)CNC(=O)c2ccccc2)c2ccccc21.